The van der Waals surface area contributed by atoms with E-state index in [1.165, 1.54) is 6.92 Å². The van der Waals surface area contributed by atoms with Gasteiger partial charge in [0.05, 0.1) is 22.3 Å². The first-order chi connectivity index (χ1) is 13.5. The number of nitrogens with one attached hydrogen (secondary N) is 1. The number of benzene rings is 2. The summed E-state index contributed by atoms with van der Waals surface area (Å²) in [5.74, 6) is 0.737. The average molecular weight is 422 g/mol. The number of ether oxygens (including phenoxy) is 1. The average Bonchev–Trinajstić information content (AvgIpc) is 2.69. The summed E-state index contributed by atoms with van der Waals surface area (Å²) in [5, 5.41) is 3.98. The third-order valence-corrected chi connectivity index (χ3v) is 5.52. The van der Waals surface area contributed by atoms with E-state index in [1.807, 2.05) is 42.5 Å². The Kier molecular flexibility index (Phi) is 7.43. The van der Waals surface area contributed by atoms with Crippen molar-refractivity contribution in [3.05, 3.63) is 52.5 Å². The van der Waals surface area contributed by atoms with Crippen LogP contribution in [0.4, 0.5) is 11.4 Å². The molecule has 0 saturated carbocycles. The van der Waals surface area contributed by atoms with Crippen LogP contribution in [0.3, 0.4) is 0 Å². The first kappa shape index (κ1) is 20.8. The first-order valence-electron chi connectivity index (χ1n) is 9.45. The molecule has 0 spiro atoms. The highest BCUT2D eigenvalue weighted by molar-refractivity contribution is 6.43. The second kappa shape index (κ2) is 10.0. The molecule has 0 aliphatic carbocycles. The largest absolute Gasteiger partial charge is 0.494 e. The van der Waals surface area contributed by atoms with Crippen LogP contribution >= 0.6 is 23.2 Å². The normalized spacial score (nSPS) is 14.8. The predicted octanol–water partition coefficient (Wildman–Crippen LogP) is 4.54. The third kappa shape index (κ3) is 5.77. The maximum absolute atomic E-state index is 11.0. The number of hydrogen-bond acceptors (Lipinski definition) is 4. The van der Waals surface area contributed by atoms with E-state index in [1.54, 1.807) is 0 Å². The molecule has 0 atom stereocenters. The summed E-state index contributed by atoms with van der Waals surface area (Å²) in [6.07, 6.45) is 0.964. The summed E-state index contributed by atoms with van der Waals surface area (Å²) in [5.41, 5.74) is 1.79. The van der Waals surface area contributed by atoms with Crippen molar-refractivity contribution >= 4 is 40.5 Å². The topological polar surface area (TPSA) is 44.8 Å². The fourth-order valence-electron chi connectivity index (χ4n) is 3.26. The predicted molar refractivity (Wildman–Crippen MR) is 116 cm³/mol. The van der Waals surface area contributed by atoms with E-state index in [-0.39, 0.29) is 5.91 Å². The van der Waals surface area contributed by atoms with Gasteiger partial charge in [0.25, 0.3) is 0 Å². The molecule has 1 fully saturated rings. The molecule has 1 aliphatic heterocycles. The lowest BCUT2D eigenvalue weighted by molar-refractivity contribution is -0.114. The number of amides is 1. The highest BCUT2D eigenvalue weighted by Crippen LogP contribution is 2.32. The van der Waals surface area contributed by atoms with Gasteiger partial charge >= 0.3 is 0 Å². The van der Waals surface area contributed by atoms with E-state index < -0.39 is 0 Å². The Morgan fingerprint density at radius 1 is 1.07 bits per heavy atom. The van der Waals surface area contributed by atoms with E-state index >= 15 is 0 Å². The minimum atomic E-state index is -0.0774. The standard InChI is InChI=1S/C21H25Cl2N3O2/c1-16(27)24-17-6-8-18(9-7-17)28-15-3-10-25-11-13-26(14-12-25)20-5-2-4-19(22)21(20)23/h2,4-9H,3,10-15H2,1H3,(H,24,27). The Morgan fingerprint density at radius 3 is 2.46 bits per heavy atom. The van der Waals surface area contributed by atoms with Crippen molar-refractivity contribution < 1.29 is 9.53 Å². The molecule has 1 aliphatic rings. The molecule has 1 N–H and O–H groups in total. The van der Waals surface area contributed by atoms with Gasteiger partial charge in [-0.2, -0.15) is 0 Å². The Labute approximate surface area is 176 Å². The molecule has 5 nitrogen and oxygen atoms in total. The molecule has 3 rings (SSSR count). The molecule has 2 aromatic rings. The zero-order chi connectivity index (χ0) is 19.9. The van der Waals surface area contributed by atoms with Crippen LogP contribution in [-0.4, -0.2) is 50.1 Å². The lowest BCUT2D eigenvalue weighted by atomic mass is 10.2. The van der Waals surface area contributed by atoms with E-state index in [4.69, 9.17) is 27.9 Å². The Morgan fingerprint density at radius 2 is 1.79 bits per heavy atom. The van der Waals surface area contributed by atoms with E-state index in [0.29, 0.717) is 16.7 Å². The first-order valence-corrected chi connectivity index (χ1v) is 10.2. The zero-order valence-corrected chi connectivity index (χ0v) is 17.5. The van der Waals surface area contributed by atoms with Crippen LogP contribution in [0.15, 0.2) is 42.5 Å². The zero-order valence-electron chi connectivity index (χ0n) is 16.0. The van der Waals surface area contributed by atoms with Crippen molar-refractivity contribution in [2.75, 3.05) is 49.5 Å². The summed E-state index contributed by atoms with van der Waals surface area (Å²) in [7, 11) is 0. The van der Waals surface area contributed by atoms with Crippen LogP contribution in [-0.2, 0) is 4.79 Å². The molecule has 28 heavy (non-hydrogen) atoms. The number of hydrogen-bond donors (Lipinski definition) is 1. The van der Waals surface area contributed by atoms with Crippen LogP contribution in [0.5, 0.6) is 5.75 Å². The number of carbonyl (C=O) groups is 1. The maximum atomic E-state index is 11.0. The molecule has 0 bridgehead atoms. The van der Waals surface area contributed by atoms with Gasteiger partial charge in [0, 0.05) is 45.3 Å². The number of carbonyl (C=O) groups excluding carboxylic acids is 1. The van der Waals surface area contributed by atoms with E-state index in [9.17, 15) is 4.79 Å². The summed E-state index contributed by atoms with van der Waals surface area (Å²) in [6, 6.07) is 13.2. The van der Waals surface area contributed by atoms with Gasteiger partial charge in [-0.3, -0.25) is 9.69 Å². The summed E-state index contributed by atoms with van der Waals surface area (Å²) < 4.78 is 5.79. The van der Waals surface area contributed by atoms with Gasteiger partial charge in [-0.25, -0.2) is 0 Å². The maximum Gasteiger partial charge on any atom is 0.221 e. The summed E-state index contributed by atoms with van der Waals surface area (Å²) >= 11 is 12.5. The van der Waals surface area contributed by atoms with Crippen LogP contribution in [0.1, 0.15) is 13.3 Å². The van der Waals surface area contributed by atoms with Crippen molar-refractivity contribution in [2.45, 2.75) is 13.3 Å². The number of anilines is 2. The molecule has 1 heterocycles. The van der Waals surface area contributed by atoms with E-state index in [0.717, 1.165) is 56.3 Å². The highest BCUT2D eigenvalue weighted by Gasteiger charge is 2.19. The van der Waals surface area contributed by atoms with Gasteiger partial charge in [-0.05, 0) is 42.8 Å². The number of piperazine rings is 1. The molecule has 0 unspecified atom stereocenters. The number of rotatable bonds is 7. The van der Waals surface area contributed by atoms with Crippen LogP contribution in [0, 0.1) is 0 Å². The molecular formula is C21H25Cl2N3O2. The monoisotopic (exact) mass is 421 g/mol. The van der Waals surface area contributed by atoms with Crippen molar-refractivity contribution in [1.82, 2.24) is 4.90 Å². The SMILES string of the molecule is CC(=O)Nc1ccc(OCCCN2CCN(c3cccc(Cl)c3Cl)CC2)cc1. The fourth-order valence-corrected chi connectivity index (χ4v) is 3.68. The van der Waals surface area contributed by atoms with Crippen LogP contribution in [0.25, 0.3) is 0 Å². The molecule has 0 radical (unpaired) electrons. The lowest BCUT2D eigenvalue weighted by Gasteiger charge is -2.36. The van der Waals surface area contributed by atoms with Crippen molar-refractivity contribution in [1.29, 1.82) is 0 Å². The van der Waals surface area contributed by atoms with Gasteiger partial charge < -0.3 is 15.0 Å². The van der Waals surface area contributed by atoms with Gasteiger partial charge in [0.15, 0.2) is 0 Å². The minimum Gasteiger partial charge on any atom is -0.494 e. The quantitative estimate of drug-likeness (QED) is 0.666. The molecule has 1 saturated heterocycles. The van der Waals surface area contributed by atoms with Crippen LogP contribution in [0.2, 0.25) is 10.0 Å². The Balaban J connectivity index is 1.36. The second-order valence-corrected chi connectivity index (χ2v) is 7.59. The Hall–Kier alpha value is -1.95. The second-order valence-electron chi connectivity index (χ2n) is 6.81. The van der Waals surface area contributed by atoms with Gasteiger partial charge in [0.2, 0.25) is 5.91 Å². The van der Waals surface area contributed by atoms with E-state index in [2.05, 4.69) is 15.1 Å². The highest BCUT2D eigenvalue weighted by atomic mass is 35.5. The molecule has 7 heteroatoms. The van der Waals surface area contributed by atoms with Gasteiger partial charge in [-0.15, -0.1) is 0 Å². The summed E-state index contributed by atoms with van der Waals surface area (Å²) in [4.78, 5) is 15.8. The van der Waals surface area contributed by atoms with Crippen molar-refractivity contribution in [3.8, 4) is 5.75 Å². The molecule has 150 valence electrons. The molecule has 2 aromatic carbocycles. The minimum absolute atomic E-state index is 0.0774. The number of nitrogens with zero attached hydrogens (tertiary/aromatic N) is 2. The third-order valence-electron chi connectivity index (χ3n) is 4.71. The summed E-state index contributed by atoms with van der Waals surface area (Å²) in [6.45, 7) is 7.02. The van der Waals surface area contributed by atoms with Crippen molar-refractivity contribution in [2.24, 2.45) is 0 Å². The van der Waals surface area contributed by atoms with Gasteiger partial charge in [-0.1, -0.05) is 29.3 Å². The lowest BCUT2D eigenvalue weighted by Crippen LogP contribution is -2.46. The van der Waals surface area contributed by atoms with Crippen molar-refractivity contribution in [3.63, 3.8) is 0 Å². The smallest absolute Gasteiger partial charge is 0.221 e. The number of halogens is 2. The molecule has 0 aromatic heterocycles. The van der Waals surface area contributed by atoms with Crippen LogP contribution < -0.4 is 15.0 Å². The molecule has 1 amide bonds. The fraction of sp³-hybridized carbons (Fsp3) is 0.381. The van der Waals surface area contributed by atoms with Gasteiger partial charge in [0.1, 0.15) is 5.75 Å². The molecular weight excluding hydrogens is 397 g/mol. The Bertz CT molecular complexity index is 791.